The van der Waals surface area contributed by atoms with Crippen molar-refractivity contribution in [1.29, 1.82) is 0 Å². The highest BCUT2D eigenvalue weighted by Crippen LogP contribution is 2.30. The lowest BCUT2D eigenvalue weighted by molar-refractivity contribution is -0.119. The molecule has 25 heavy (non-hydrogen) atoms. The number of nitrogens with zero attached hydrogens (tertiary/aromatic N) is 1. The molecule has 0 saturated heterocycles. The lowest BCUT2D eigenvalue weighted by Gasteiger charge is -2.41. The van der Waals surface area contributed by atoms with Crippen LogP contribution in [0.15, 0.2) is 24.3 Å². The van der Waals surface area contributed by atoms with Gasteiger partial charge in [0.15, 0.2) is 0 Å². The van der Waals surface area contributed by atoms with Crippen molar-refractivity contribution in [3.63, 3.8) is 0 Å². The molecule has 0 bridgehead atoms. The van der Waals surface area contributed by atoms with Crippen molar-refractivity contribution in [3.05, 3.63) is 24.3 Å². The van der Waals surface area contributed by atoms with Crippen molar-refractivity contribution in [3.8, 4) is 5.75 Å². The highest BCUT2D eigenvalue weighted by Gasteiger charge is 2.30. The zero-order valence-electron chi connectivity index (χ0n) is 15.5. The quantitative estimate of drug-likeness (QED) is 0.820. The molecule has 2 aliphatic carbocycles. The Labute approximate surface area is 151 Å². The van der Waals surface area contributed by atoms with Gasteiger partial charge in [-0.25, -0.2) is 0 Å². The van der Waals surface area contributed by atoms with Crippen LogP contribution in [0.25, 0.3) is 0 Å². The van der Waals surface area contributed by atoms with Crippen LogP contribution < -0.4 is 10.1 Å². The predicted molar refractivity (Wildman–Crippen MR) is 102 cm³/mol. The van der Waals surface area contributed by atoms with E-state index < -0.39 is 0 Å². The van der Waals surface area contributed by atoms with Gasteiger partial charge in [-0.2, -0.15) is 0 Å². The molecule has 138 valence electrons. The molecule has 4 heteroatoms. The average molecular weight is 344 g/mol. The van der Waals surface area contributed by atoms with Gasteiger partial charge in [0.2, 0.25) is 5.91 Å². The van der Waals surface area contributed by atoms with Gasteiger partial charge in [-0.3, -0.25) is 9.69 Å². The number of nitrogens with one attached hydrogen (secondary N) is 1. The van der Waals surface area contributed by atoms with Crippen LogP contribution in [-0.2, 0) is 4.79 Å². The standard InChI is InChI=1S/C21H32N2O2/c1-25-20-15-9-8-14-19(20)22-21(24)16-23(17-10-4-2-5-11-17)18-12-6-3-7-13-18/h8-9,14-15,17-18H,2-7,10-13,16H2,1H3,(H,22,24). The molecule has 1 aromatic carbocycles. The number of benzene rings is 1. The van der Waals surface area contributed by atoms with Gasteiger partial charge in [0.25, 0.3) is 0 Å². The lowest BCUT2D eigenvalue weighted by atomic mass is 9.88. The van der Waals surface area contributed by atoms with Gasteiger partial charge in [-0.15, -0.1) is 0 Å². The van der Waals surface area contributed by atoms with E-state index >= 15 is 0 Å². The number of carbonyl (C=O) groups is 1. The van der Waals surface area contributed by atoms with E-state index in [1.165, 1.54) is 64.2 Å². The summed E-state index contributed by atoms with van der Waals surface area (Å²) in [4.78, 5) is 15.3. The molecule has 0 atom stereocenters. The zero-order chi connectivity index (χ0) is 17.5. The van der Waals surface area contributed by atoms with Crippen LogP contribution in [-0.4, -0.2) is 36.5 Å². The second kappa shape index (κ2) is 9.23. The molecule has 0 aromatic heterocycles. The zero-order valence-corrected chi connectivity index (χ0v) is 15.5. The summed E-state index contributed by atoms with van der Waals surface area (Å²) in [6, 6.07) is 8.81. The maximum atomic E-state index is 12.8. The number of hydrogen-bond acceptors (Lipinski definition) is 3. The van der Waals surface area contributed by atoms with Crippen molar-refractivity contribution in [2.75, 3.05) is 19.0 Å². The molecular weight excluding hydrogens is 312 g/mol. The summed E-state index contributed by atoms with van der Waals surface area (Å²) in [7, 11) is 1.64. The van der Waals surface area contributed by atoms with E-state index in [0.29, 0.717) is 18.6 Å². The van der Waals surface area contributed by atoms with Crippen molar-refractivity contribution in [2.24, 2.45) is 0 Å². The third-order valence-electron chi connectivity index (χ3n) is 5.79. The smallest absolute Gasteiger partial charge is 0.238 e. The molecule has 4 nitrogen and oxygen atoms in total. The third kappa shape index (κ3) is 4.97. The first-order valence-electron chi connectivity index (χ1n) is 9.96. The Balaban J connectivity index is 1.66. The van der Waals surface area contributed by atoms with Gasteiger partial charge in [0.1, 0.15) is 5.75 Å². The number of rotatable bonds is 6. The van der Waals surface area contributed by atoms with Crippen LogP contribution in [0.1, 0.15) is 64.2 Å². The molecule has 1 amide bonds. The Morgan fingerprint density at radius 3 is 2.12 bits per heavy atom. The highest BCUT2D eigenvalue weighted by atomic mass is 16.5. The number of hydrogen-bond donors (Lipinski definition) is 1. The third-order valence-corrected chi connectivity index (χ3v) is 5.79. The summed E-state index contributed by atoms with van der Waals surface area (Å²) in [5.41, 5.74) is 0.766. The first-order chi connectivity index (χ1) is 12.3. The Kier molecular flexibility index (Phi) is 6.74. The molecule has 0 heterocycles. The van der Waals surface area contributed by atoms with Crippen molar-refractivity contribution in [1.82, 2.24) is 4.90 Å². The van der Waals surface area contributed by atoms with Gasteiger partial charge in [0.05, 0.1) is 19.3 Å². The summed E-state index contributed by atoms with van der Waals surface area (Å²) in [5.74, 6) is 0.804. The topological polar surface area (TPSA) is 41.6 Å². The van der Waals surface area contributed by atoms with Gasteiger partial charge < -0.3 is 10.1 Å². The van der Waals surface area contributed by atoms with Crippen LogP contribution >= 0.6 is 0 Å². The van der Waals surface area contributed by atoms with E-state index in [0.717, 1.165) is 11.4 Å². The SMILES string of the molecule is COc1ccccc1NC(=O)CN(C1CCCCC1)C1CCCCC1. The molecule has 3 rings (SSSR count). The second-order valence-corrected chi connectivity index (χ2v) is 7.50. The molecule has 2 saturated carbocycles. The number of anilines is 1. The van der Waals surface area contributed by atoms with Crippen molar-refractivity contribution < 1.29 is 9.53 Å². The molecule has 0 radical (unpaired) electrons. The molecule has 0 spiro atoms. The fraction of sp³-hybridized carbons (Fsp3) is 0.667. The van der Waals surface area contributed by atoms with Gasteiger partial charge in [-0.05, 0) is 37.8 Å². The highest BCUT2D eigenvalue weighted by molar-refractivity contribution is 5.93. The van der Waals surface area contributed by atoms with Crippen molar-refractivity contribution in [2.45, 2.75) is 76.3 Å². The summed E-state index contributed by atoms with van der Waals surface area (Å²) in [6.07, 6.45) is 12.9. The molecule has 0 aliphatic heterocycles. The number of ether oxygens (including phenoxy) is 1. The van der Waals surface area contributed by atoms with Crippen LogP contribution in [0, 0.1) is 0 Å². The Morgan fingerprint density at radius 2 is 1.56 bits per heavy atom. The van der Waals surface area contributed by atoms with Crippen LogP contribution in [0.4, 0.5) is 5.69 Å². The second-order valence-electron chi connectivity index (χ2n) is 7.50. The van der Waals surface area contributed by atoms with E-state index in [1.54, 1.807) is 7.11 Å². The number of para-hydroxylation sites is 2. The minimum Gasteiger partial charge on any atom is -0.495 e. The molecular formula is C21H32N2O2. The van der Waals surface area contributed by atoms with Gasteiger partial charge >= 0.3 is 0 Å². The lowest BCUT2D eigenvalue weighted by Crippen LogP contribution is -2.48. The van der Waals surface area contributed by atoms with Gasteiger partial charge in [-0.1, -0.05) is 50.7 Å². The predicted octanol–water partition coefficient (Wildman–Crippen LogP) is 4.60. The van der Waals surface area contributed by atoms with E-state index in [1.807, 2.05) is 24.3 Å². The minimum absolute atomic E-state index is 0.0839. The summed E-state index contributed by atoms with van der Waals surface area (Å²) in [6.45, 7) is 0.507. The summed E-state index contributed by atoms with van der Waals surface area (Å²) < 4.78 is 5.36. The maximum absolute atomic E-state index is 12.8. The van der Waals surface area contributed by atoms with Crippen LogP contribution in [0.3, 0.4) is 0 Å². The average Bonchev–Trinajstić information content (AvgIpc) is 2.68. The number of methoxy groups -OCH3 is 1. The molecule has 1 aromatic rings. The summed E-state index contributed by atoms with van der Waals surface area (Å²) in [5, 5.41) is 3.06. The summed E-state index contributed by atoms with van der Waals surface area (Å²) >= 11 is 0. The molecule has 1 N–H and O–H groups in total. The molecule has 0 unspecified atom stereocenters. The normalized spacial score (nSPS) is 19.8. The van der Waals surface area contributed by atoms with Crippen molar-refractivity contribution >= 4 is 11.6 Å². The maximum Gasteiger partial charge on any atom is 0.238 e. The van der Waals surface area contributed by atoms with E-state index in [2.05, 4.69) is 10.2 Å². The first-order valence-corrected chi connectivity index (χ1v) is 9.96. The first kappa shape index (κ1) is 18.2. The van der Waals surface area contributed by atoms with E-state index in [-0.39, 0.29) is 5.91 Å². The van der Waals surface area contributed by atoms with Crippen LogP contribution in [0.5, 0.6) is 5.75 Å². The van der Waals surface area contributed by atoms with E-state index in [9.17, 15) is 4.79 Å². The molecule has 2 fully saturated rings. The van der Waals surface area contributed by atoms with Crippen LogP contribution in [0.2, 0.25) is 0 Å². The Morgan fingerprint density at radius 1 is 1.00 bits per heavy atom. The fourth-order valence-corrected chi connectivity index (χ4v) is 4.49. The number of amides is 1. The monoisotopic (exact) mass is 344 g/mol. The minimum atomic E-state index is 0.0839. The number of carbonyl (C=O) groups excluding carboxylic acids is 1. The molecule has 2 aliphatic rings. The Bertz CT molecular complexity index is 531. The Hall–Kier alpha value is -1.55. The van der Waals surface area contributed by atoms with Gasteiger partial charge in [0, 0.05) is 12.1 Å². The fourth-order valence-electron chi connectivity index (χ4n) is 4.49. The van der Waals surface area contributed by atoms with E-state index in [4.69, 9.17) is 4.74 Å². The largest absolute Gasteiger partial charge is 0.495 e.